The number of nitrogens with one attached hydrogen (secondary N) is 1. The van der Waals surface area contributed by atoms with Crippen LogP contribution in [0, 0.1) is 26.7 Å². The summed E-state index contributed by atoms with van der Waals surface area (Å²) in [6.07, 6.45) is 0.221. The van der Waals surface area contributed by atoms with Gasteiger partial charge in [0.05, 0.1) is 5.92 Å². The molecule has 0 saturated carbocycles. The largest absolute Gasteiger partial charge is 0.326 e. The van der Waals surface area contributed by atoms with Crippen LogP contribution in [0.5, 0.6) is 0 Å². The normalized spacial score (nSPS) is 17.0. The molecule has 1 heterocycles. The highest BCUT2D eigenvalue weighted by molar-refractivity contribution is 6.31. The Morgan fingerprint density at radius 3 is 2.48 bits per heavy atom. The Balaban J connectivity index is 1.71. The van der Waals surface area contributed by atoms with Gasteiger partial charge in [0.1, 0.15) is 0 Å². The monoisotopic (exact) mass is 356 g/mol. The predicted octanol–water partition coefficient (Wildman–Crippen LogP) is 4.26. The molecular formula is C20H21ClN2O2. The quantitative estimate of drug-likeness (QED) is 0.893. The lowest BCUT2D eigenvalue weighted by Gasteiger charge is -2.18. The predicted molar refractivity (Wildman–Crippen MR) is 101 cm³/mol. The van der Waals surface area contributed by atoms with Crippen molar-refractivity contribution in [1.82, 2.24) is 0 Å². The summed E-state index contributed by atoms with van der Waals surface area (Å²) in [5.74, 6) is -0.542. The maximum Gasteiger partial charge on any atom is 0.229 e. The summed E-state index contributed by atoms with van der Waals surface area (Å²) in [5.41, 5.74) is 4.77. The standard InChI is InChI=1S/C20H21ClN2O2/c1-12-5-7-17(8-14(12)3)23-11-15(9-19(23)24)20(25)22-16-6-4-13(2)18(21)10-16/h4-8,10,15H,9,11H2,1-3H3,(H,22,25)/t15-/m1/s1. The molecular weight excluding hydrogens is 336 g/mol. The van der Waals surface area contributed by atoms with E-state index in [0.717, 1.165) is 16.8 Å². The first-order chi connectivity index (χ1) is 11.8. The molecule has 0 aliphatic carbocycles. The van der Waals surface area contributed by atoms with Crippen LogP contribution in [0.4, 0.5) is 11.4 Å². The minimum atomic E-state index is -0.366. The number of amides is 2. The molecule has 1 saturated heterocycles. The summed E-state index contributed by atoms with van der Waals surface area (Å²) >= 11 is 6.10. The molecule has 0 bridgehead atoms. The van der Waals surface area contributed by atoms with E-state index in [4.69, 9.17) is 11.6 Å². The molecule has 1 aliphatic heterocycles. The first kappa shape index (κ1) is 17.5. The van der Waals surface area contributed by atoms with E-state index in [-0.39, 0.29) is 24.2 Å². The second-order valence-electron chi connectivity index (χ2n) is 6.63. The fourth-order valence-corrected chi connectivity index (χ4v) is 3.12. The maximum absolute atomic E-state index is 12.5. The zero-order valence-corrected chi connectivity index (χ0v) is 15.4. The molecule has 0 aromatic heterocycles. The summed E-state index contributed by atoms with van der Waals surface area (Å²) in [6.45, 7) is 6.36. The van der Waals surface area contributed by atoms with Crippen LogP contribution in [0.2, 0.25) is 5.02 Å². The summed E-state index contributed by atoms with van der Waals surface area (Å²) in [4.78, 5) is 26.6. The van der Waals surface area contributed by atoms with Gasteiger partial charge in [0.15, 0.2) is 0 Å². The Morgan fingerprint density at radius 1 is 1.08 bits per heavy atom. The van der Waals surface area contributed by atoms with Crippen molar-refractivity contribution in [3.05, 3.63) is 58.1 Å². The fourth-order valence-electron chi connectivity index (χ4n) is 2.94. The average molecular weight is 357 g/mol. The van der Waals surface area contributed by atoms with Gasteiger partial charge < -0.3 is 10.2 Å². The average Bonchev–Trinajstić information content (AvgIpc) is 2.95. The number of carbonyl (C=O) groups is 2. The lowest BCUT2D eigenvalue weighted by molar-refractivity contribution is -0.122. The number of hydrogen-bond donors (Lipinski definition) is 1. The van der Waals surface area contributed by atoms with E-state index in [0.29, 0.717) is 17.3 Å². The third kappa shape index (κ3) is 3.69. The highest BCUT2D eigenvalue weighted by atomic mass is 35.5. The third-order valence-corrected chi connectivity index (χ3v) is 5.14. The van der Waals surface area contributed by atoms with Gasteiger partial charge in [-0.05, 0) is 61.7 Å². The Bertz CT molecular complexity index is 848. The summed E-state index contributed by atoms with van der Waals surface area (Å²) in [7, 11) is 0. The van der Waals surface area contributed by atoms with Crippen molar-refractivity contribution in [2.24, 2.45) is 5.92 Å². The van der Waals surface area contributed by atoms with Gasteiger partial charge >= 0.3 is 0 Å². The number of aryl methyl sites for hydroxylation is 3. The highest BCUT2D eigenvalue weighted by Crippen LogP contribution is 2.28. The molecule has 4 nitrogen and oxygen atoms in total. The van der Waals surface area contributed by atoms with Gasteiger partial charge in [0.2, 0.25) is 11.8 Å². The second-order valence-corrected chi connectivity index (χ2v) is 7.03. The van der Waals surface area contributed by atoms with Gasteiger partial charge in [0, 0.05) is 29.4 Å². The summed E-state index contributed by atoms with van der Waals surface area (Å²) in [5, 5.41) is 3.47. The van der Waals surface area contributed by atoms with E-state index in [1.165, 1.54) is 5.56 Å². The van der Waals surface area contributed by atoms with E-state index >= 15 is 0 Å². The van der Waals surface area contributed by atoms with Crippen molar-refractivity contribution in [2.75, 3.05) is 16.8 Å². The zero-order valence-electron chi connectivity index (χ0n) is 14.6. The van der Waals surface area contributed by atoms with Gasteiger partial charge in [0.25, 0.3) is 0 Å². The Hall–Kier alpha value is -2.33. The number of benzene rings is 2. The lowest BCUT2D eigenvalue weighted by Crippen LogP contribution is -2.28. The molecule has 25 heavy (non-hydrogen) atoms. The molecule has 0 radical (unpaired) electrons. The van der Waals surface area contributed by atoms with Crippen LogP contribution in [0.3, 0.4) is 0 Å². The van der Waals surface area contributed by atoms with Gasteiger partial charge in [-0.1, -0.05) is 23.7 Å². The number of anilines is 2. The van der Waals surface area contributed by atoms with E-state index in [2.05, 4.69) is 5.32 Å². The minimum Gasteiger partial charge on any atom is -0.326 e. The number of hydrogen-bond acceptors (Lipinski definition) is 2. The van der Waals surface area contributed by atoms with Crippen molar-refractivity contribution in [3.63, 3.8) is 0 Å². The maximum atomic E-state index is 12.5. The van der Waals surface area contributed by atoms with Crippen LogP contribution < -0.4 is 10.2 Å². The van der Waals surface area contributed by atoms with Gasteiger partial charge in [-0.25, -0.2) is 0 Å². The molecule has 0 unspecified atom stereocenters. The zero-order chi connectivity index (χ0) is 18.1. The number of halogens is 1. The first-order valence-electron chi connectivity index (χ1n) is 8.30. The number of nitrogens with zero attached hydrogens (tertiary/aromatic N) is 1. The van der Waals surface area contributed by atoms with Crippen LogP contribution in [0.25, 0.3) is 0 Å². The van der Waals surface area contributed by atoms with Crippen LogP contribution >= 0.6 is 11.6 Å². The molecule has 1 atom stereocenters. The van der Waals surface area contributed by atoms with Crippen LogP contribution in [0.1, 0.15) is 23.1 Å². The third-order valence-electron chi connectivity index (χ3n) is 4.74. The molecule has 130 valence electrons. The number of carbonyl (C=O) groups excluding carboxylic acids is 2. The van der Waals surface area contributed by atoms with Crippen LogP contribution in [-0.2, 0) is 9.59 Å². The van der Waals surface area contributed by atoms with Crippen molar-refractivity contribution in [3.8, 4) is 0 Å². The molecule has 0 spiro atoms. The second kappa shape index (κ2) is 6.89. The fraction of sp³-hybridized carbons (Fsp3) is 0.300. The SMILES string of the molecule is Cc1ccc(N2C[C@H](C(=O)Nc3ccc(C)c(Cl)c3)CC2=O)cc1C. The smallest absolute Gasteiger partial charge is 0.229 e. The molecule has 2 aromatic carbocycles. The number of rotatable bonds is 3. The summed E-state index contributed by atoms with van der Waals surface area (Å²) in [6, 6.07) is 11.3. The van der Waals surface area contributed by atoms with Gasteiger partial charge in [-0.15, -0.1) is 0 Å². The Labute approximate surface area is 152 Å². The molecule has 2 amide bonds. The minimum absolute atomic E-state index is 0.0228. The van der Waals surface area contributed by atoms with Crippen LogP contribution in [-0.4, -0.2) is 18.4 Å². The summed E-state index contributed by atoms with van der Waals surface area (Å²) < 4.78 is 0. The topological polar surface area (TPSA) is 49.4 Å². The van der Waals surface area contributed by atoms with E-state index in [1.807, 2.05) is 51.1 Å². The molecule has 1 aliphatic rings. The van der Waals surface area contributed by atoms with Crippen molar-refractivity contribution in [2.45, 2.75) is 27.2 Å². The Kier molecular flexibility index (Phi) is 4.82. The lowest BCUT2D eigenvalue weighted by atomic mass is 10.1. The first-order valence-corrected chi connectivity index (χ1v) is 8.67. The van der Waals surface area contributed by atoms with Crippen molar-refractivity contribution in [1.29, 1.82) is 0 Å². The molecule has 1 fully saturated rings. The van der Waals surface area contributed by atoms with Gasteiger partial charge in [-0.2, -0.15) is 0 Å². The van der Waals surface area contributed by atoms with Crippen molar-refractivity contribution >= 4 is 34.8 Å². The molecule has 1 N–H and O–H groups in total. The van der Waals surface area contributed by atoms with E-state index in [9.17, 15) is 9.59 Å². The molecule has 3 rings (SSSR count). The van der Waals surface area contributed by atoms with E-state index < -0.39 is 0 Å². The van der Waals surface area contributed by atoms with E-state index in [1.54, 1.807) is 11.0 Å². The Morgan fingerprint density at radius 2 is 1.80 bits per heavy atom. The molecule has 5 heteroatoms. The highest BCUT2D eigenvalue weighted by Gasteiger charge is 2.35. The van der Waals surface area contributed by atoms with Gasteiger partial charge in [-0.3, -0.25) is 9.59 Å². The molecule has 2 aromatic rings. The van der Waals surface area contributed by atoms with Crippen LogP contribution in [0.15, 0.2) is 36.4 Å². The van der Waals surface area contributed by atoms with Crippen molar-refractivity contribution < 1.29 is 9.59 Å².